The van der Waals surface area contributed by atoms with Crippen molar-refractivity contribution in [1.82, 2.24) is 10.6 Å². The van der Waals surface area contributed by atoms with Crippen LogP contribution in [0, 0.1) is 17.8 Å². The van der Waals surface area contributed by atoms with E-state index in [4.69, 9.17) is 4.74 Å². The summed E-state index contributed by atoms with van der Waals surface area (Å²) in [5.41, 5.74) is 1.01. The molecule has 1 aromatic carbocycles. The maximum absolute atomic E-state index is 12.2. The molecule has 0 heterocycles. The van der Waals surface area contributed by atoms with E-state index < -0.39 is 0 Å². The predicted octanol–water partition coefficient (Wildman–Crippen LogP) is 2.29. The Balaban J connectivity index is 1.51. The summed E-state index contributed by atoms with van der Waals surface area (Å²) in [5, 5.41) is 15.6. The van der Waals surface area contributed by atoms with E-state index in [1.54, 1.807) is 0 Å². The van der Waals surface area contributed by atoms with Gasteiger partial charge in [0.1, 0.15) is 5.75 Å². The summed E-state index contributed by atoms with van der Waals surface area (Å²) in [5.74, 6) is 2.16. The molecule has 2 saturated carbocycles. The van der Waals surface area contributed by atoms with Gasteiger partial charge in [-0.15, -0.1) is 0 Å². The SMILES string of the molecule is CCOc1cccc(CNC(=O)NC2C3CCC(C3)C2CO)c1. The van der Waals surface area contributed by atoms with Gasteiger partial charge in [0, 0.05) is 25.1 Å². The Bertz CT molecular complexity index is 549. The van der Waals surface area contributed by atoms with Gasteiger partial charge in [-0.05, 0) is 55.7 Å². The largest absolute Gasteiger partial charge is 0.494 e. The molecule has 2 aliphatic rings. The molecule has 3 rings (SSSR count). The summed E-state index contributed by atoms with van der Waals surface area (Å²) >= 11 is 0. The van der Waals surface area contributed by atoms with E-state index >= 15 is 0 Å². The van der Waals surface area contributed by atoms with Crippen molar-refractivity contribution >= 4 is 6.03 Å². The molecular weight excluding hydrogens is 292 g/mol. The lowest BCUT2D eigenvalue weighted by molar-refractivity contribution is 0.144. The Morgan fingerprint density at radius 1 is 1.35 bits per heavy atom. The molecule has 0 aromatic heterocycles. The number of hydrogen-bond acceptors (Lipinski definition) is 3. The molecule has 2 fully saturated rings. The van der Waals surface area contributed by atoms with Crippen LogP contribution in [0.25, 0.3) is 0 Å². The predicted molar refractivity (Wildman–Crippen MR) is 88.2 cm³/mol. The number of aliphatic hydroxyl groups is 1. The number of carbonyl (C=O) groups is 1. The van der Waals surface area contributed by atoms with Crippen LogP contribution in [0.5, 0.6) is 5.75 Å². The van der Waals surface area contributed by atoms with Gasteiger partial charge in [0.15, 0.2) is 0 Å². The molecule has 2 aliphatic carbocycles. The third-order valence-corrected chi connectivity index (χ3v) is 5.26. The number of aliphatic hydroxyl groups excluding tert-OH is 1. The molecule has 23 heavy (non-hydrogen) atoms. The molecule has 4 atom stereocenters. The number of carbonyl (C=O) groups excluding carboxylic acids is 1. The van der Waals surface area contributed by atoms with Crippen LogP contribution >= 0.6 is 0 Å². The molecule has 1 aromatic rings. The second-order valence-electron chi connectivity index (χ2n) is 6.61. The van der Waals surface area contributed by atoms with E-state index in [9.17, 15) is 9.90 Å². The number of nitrogens with one attached hydrogen (secondary N) is 2. The van der Waals surface area contributed by atoms with Gasteiger partial charge in [0.25, 0.3) is 0 Å². The molecule has 126 valence electrons. The number of fused-ring (bicyclic) bond motifs is 2. The Morgan fingerprint density at radius 2 is 2.17 bits per heavy atom. The molecule has 0 spiro atoms. The quantitative estimate of drug-likeness (QED) is 0.754. The zero-order chi connectivity index (χ0) is 16.2. The first-order chi connectivity index (χ1) is 11.2. The van der Waals surface area contributed by atoms with Crippen LogP contribution in [0.15, 0.2) is 24.3 Å². The highest BCUT2D eigenvalue weighted by Gasteiger charge is 2.47. The Morgan fingerprint density at radius 3 is 2.96 bits per heavy atom. The molecule has 2 bridgehead atoms. The van der Waals surface area contributed by atoms with Crippen molar-refractivity contribution in [3.05, 3.63) is 29.8 Å². The van der Waals surface area contributed by atoms with Crippen LogP contribution in [0.1, 0.15) is 31.7 Å². The fourth-order valence-corrected chi connectivity index (χ4v) is 4.19. The third-order valence-electron chi connectivity index (χ3n) is 5.26. The van der Waals surface area contributed by atoms with Crippen molar-refractivity contribution in [3.63, 3.8) is 0 Å². The smallest absolute Gasteiger partial charge is 0.315 e. The minimum Gasteiger partial charge on any atom is -0.494 e. The summed E-state index contributed by atoms with van der Waals surface area (Å²) < 4.78 is 5.47. The number of urea groups is 1. The van der Waals surface area contributed by atoms with Crippen LogP contribution in [0.3, 0.4) is 0 Å². The summed E-state index contributed by atoms with van der Waals surface area (Å²) in [6.07, 6.45) is 3.51. The zero-order valence-corrected chi connectivity index (χ0v) is 13.6. The lowest BCUT2D eigenvalue weighted by Gasteiger charge is -2.30. The van der Waals surface area contributed by atoms with E-state index in [0.717, 1.165) is 17.7 Å². The Hall–Kier alpha value is -1.75. The first-order valence-corrected chi connectivity index (χ1v) is 8.58. The van der Waals surface area contributed by atoms with Crippen molar-refractivity contribution in [1.29, 1.82) is 0 Å². The molecule has 5 heteroatoms. The van der Waals surface area contributed by atoms with Crippen LogP contribution in [0.2, 0.25) is 0 Å². The van der Waals surface area contributed by atoms with Crippen LogP contribution in [0.4, 0.5) is 4.79 Å². The van der Waals surface area contributed by atoms with Crippen LogP contribution in [-0.2, 0) is 6.54 Å². The second kappa shape index (κ2) is 7.21. The lowest BCUT2D eigenvalue weighted by Crippen LogP contribution is -2.48. The van der Waals surface area contributed by atoms with E-state index in [1.807, 2.05) is 31.2 Å². The highest BCUT2D eigenvalue weighted by molar-refractivity contribution is 5.74. The number of amides is 2. The maximum atomic E-state index is 12.2. The van der Waals surface area contributed by atoms with Crippen LogP contribution in [-0.4, -0.2) is 30.4 Å². The molecular formula is C18H26N2O3. The number of benzene rings is 1. The number of hydrogen-bond donors (Lipinski definition) is 3. The monoisotopic (exact) mass is 318 g/mol. The van der Waals surface area contributed by atoms with Gasteiger partial charge in [-0.3, -0.25) is 0 Å². The fraction of sp³-hybridized carbons (Fsp3) is 0.611. The molecule has 0 saturated heterocycles. The van der Waals surface area contributed by atoms with Gasteiger partial charge in [0.2, 0.25) is 0 Å². The maximum Gasteiger partial charge on any atom is 0.315 e. The average molecular weight is 318 g/mol. The zero-order valence-electron chi connectivity index (χ0n) is 13.6. The topological polar surface area (TPSA) is 70.6 Å². The molecule has 2 amide bonds. The van der Waals surface area contributed by atoms with Crippen molar-refractivity contribution in [2.45, 2.75) is 38.8 Å². The van der Waals surface area contributed by atoms with E-state index in [2.05, 4.69) is 10.6 Å². The summed E-state index contributed by atoms with van der Waals surface area (Å²) in [6.45, 7) is 3.22. The number of rotatable bonds is 6. The molecule has 4 unspecified atom stereocenters. The molecule has 5 nitrogen and oxygen atoms in total. The summed E-state index contributed by atoms with van der Waals surface area (Å²) in [6, 6.07) is 7.72. The first kappa shape index (κ1) is 16.1. The summed E-state index contributed by atoms with van der Waals surface area (Å²) in [4.78, 5) is 12.2. The van der Waals surface area contributed by atoms with Crippen molar-refractivity contribution in [3.8, 4) is 5.75 Å². The van der Waals surface area contributed by atoms with Gasteiger partial charge >= 0.3 is 6.03 Å². The minimum atomic E-state index is -0.150. The lowest BCUT2D eigenvalue weighted by atomic mass is 9.85. The average Bonchev–Trinajstić information content (AvgIpc) is 3.15. The Kier molecular flexibility index (Phi) is 5.06. The fourth-order valence-electron chi connectivity index (χ4n) is 4.19. The third kappa shape index (κ3) is 3.61. The van der Waals surface area contributed by atoms with Crippen LogP contribution < -0.4 is 15.4 Å². The van der Waals surface area contributed by atoms with Crippen molar-refractivity contribution in [2.24, 2.45) is 17.8 Å². The molecule has 3 N–H and O–H groups in total. The van der Waals surface area contributed by atoms with Crippen molar-refractivity contribution < 1.29 is 14.6 Å². The normalized spacial score (nSPS) is 28.6. The highest BCUT2D eigenvalue weighted by atomic mass is 16.5. The minimum absolute atomic E-state index is 0.119. The van der Waals surface area contributed by atoms with Gasteiger partial charge in [-0.2, -0.15) is 0 Å². The van der Waals surface area contributed by atoms with Gasteiger partial charge < -0.3 is 20.5 Å². The molecule has 0 radical (unpaired) electrons. The Labute approximate surface area is 137 Å². The first-order valence-electron chi connectivity index (χ1n) is 8.58. The number of ether oxygens (including phenoxy) is 1. The summed E-state index contributed by atoms with van der Waals surface area (Å²) in [7, 11) is 0. The molecule has 0 aliphatic heterocycles. The van der Waals surface area contributed by atoms with Gasteiger partial charge in [-0.25, -0.2) is 4.79 Å². The van der Waals surface area contributed by atoms with Crippen molar-refractivity contribution in [2.75, 3.05) is 13.2 Å². The second-order valence-corrected chi connectivity index (χ2v) is 6.61. The van der Waals surface area contributed by atoms with E-state index in [1.165, 1.54) is 12.8 Å². The van der Waals surface area contributed by atoms with Gasteiger partial charge in [-0.1, -0.05) is 12.1 Å². The highest BCUT2D eigenvalue weighted by Crippen LogP contribution is 2.48. The van der Waals surface area contributed by atoms with E-state index in [0.29, 0.717) is 25.0 Å². The standard InChI is InChI=1S/C18H26N2O3/c1-2-23-15-5-3-4-12(8-15)10-19-18(22)20-17-14-7-6-13(9-14)16(17)11-21/h3-5,8,13-14,16-17,21H,2,6-7,9-11H2,1H3,(H2,19,20,22). The van der Waals surface area contributed by atoms with Gasteiger partial charge in [0.05, 0.1) is 6.61 Å². The van der Waals surface area contributed by atoms with E-state index in [-0.39, 0.29) is 24.6 Å².